The number of carbonyl (C=O) groups excluding carboxylic acids is 2. The third-order valence-corrected chi connectivity index (χ3v) is 7.92. The van der Waals surface area contributed by atoms with Crippen molar-refractivity contribution in [2.75, 3.05) is 25.0 Å². The van der Waals surface area contributed by atoms with Crippen molar-refractivity contribution in [3.05, 3.63) is 74.1 Å². The number of carbonyl (C=O) groups is 2. The van der Waals surface area contributed by atoms with E-state index in [-0.39, 0.29) is 5.91 Å². The van der Waals surface area contributed by atoms with E-state index in [0.29, 0.717) is 23.7 Å². The lowest BCUT2D eigenvalue weighted by atomic mass is 10.0. The molecule has 2 aliphatic heterocycles. The van der Waals surface area contributed by atoms with Crippen LogP contribution in [0.4, 0.5) is 5.00 Å². The van der Waals surface area contributed by atoms with Crippen LogP contribution in [0.2, 0.25) is 0 Å². The highest BCUT2D eigenvalue weighted by Gasteiger charge is 2.33. The van der Waals surface area contributed by atoms with Crippen LogP contribution >= 0.6 is 27.3 Å². The van der Waals surface area contributed by atoms with Gasteiger partial charge in [-0.3, -0.25) is 9.69 Å². The predicted octanol–water partition coefficient (Wildman–Crippen LogP) is 5.36. The fourth-order valence-corrected chi connectivity index (χ4v) is 5.99. The van der Waals surface area contributed by atoms with Crippen molar-refractivity contribution in [1.82, 2.24) is 10.2 Å². The minimum atomic E-state index is -0.467. The van der Waals surface area contributed by atoms with Gasteiger partial charge in [0.25, 0.3) is 5.91 Å². The van der Waals surface area contributed by atoms with Crippen LogP contribution in [0, 0.1) is 0 Å². The lowest BCUT2D eigenvalue weighted by Gasteiger charge is -2.28. The van der Waals surface area contributed by atoms with E-state index in [1.165, 1.54) is 10.4 Å². The number of anilines is 1. The van der Waals surface area contributed by atoms with E-state index in [4.69, 9.17) is 9.47 Å². The predicted molar refractivity (Wildman–Crippen MR) is 140 cm³/mol. The van der Waals surface area contributed by atoms with Gasteiger partial charge in [-0.1, -0.05) is 28.9 Å². The van der Waals surface area contributed by atoms with Crippen molar-refractivity contribution in [2.45, 2.75) is 33.0 Å². The van der Waals surface area contributed by atoms with Crippen LogP contribution in [0.25, 0.3) is 0 Å². The minimum Gasteiger partial charge on any atom is -0.490 e. The van der Waals surface area contributed by atoms with Gasteiger partial charge in [0.1, 0.15) is 11.2 Å². The molecule has 35 heavy (non-hydrogen) atoms. The van der Waals surface area contributed by atoms with Gasteiger partial charge in [0.2, 0.25) is 0 Å². The summed E-state index contributed by atoms with van der Waals surface area (Å²) in [5.41, 5.74) is 3.21. The number of hydrogen-bond acceptors (Lipinski definition) is 7. The third kappa shape index (κ3) is 4.80. The molecule has 2 N–H and O–H groups in total. The van der Waals surface area contributed by atoms with Gasteiger partial charge in [-0.25, -0.2) is 4.79 Å². The summed E-state index contributed by atoms with van der Waals surface area (Å²) in [5.74, 6) is 0.249. The number of fused-ring (bicyclic) bond motifs is 3. The van der Waals surface area contributed by atoms with Crippen molar-refractivity contribution in [3.8, 4) is 11.5 Å². The van der Waals surface area contributed by atoms with Gasteiger partial charge < -0.3 is 20.1 Å². The second-order valence-electron chi connectivity index (χ2n) is 8.41. The number of hydrogen-bond donors (Lipinski definition) is 2. The highest BCUT2D eigenvalue weighted by atomic mass is 79.9. The Morgan fingerprint density at radius 2 is 1.94 bits per heavy atom. The van der Waals surface area contributed by atoms with Gasteiger partial charge in [-0.15, -0.1) is 11.3 Å². The number of amides is 1. The van der Waals surface area contributed by atoms with Gasteiger partial charge in [-0.05, 0) is 67.4 Å². The van der Waals surface area contributed by atoms with Crippen molar-refractivity contribution < 1.29 is 19.1 Å². The number of nitrogens with zero attached hydrogens (tertiary/aromatic N) is 1. The Morgan fingerprint density at radius 1 is 1.14 bits per heavy atom. The molecule has 1 aromatic heterocycles. The maximum Gasteiger partial charge on any atom is 0.343 e. The van der Waals surface area contributed by atoms with E-state index in [2.05, 4.69) is 38.4 Å². The normalized spacial score (nSPS) is 17.1. The molecule has 1 amide bonds. The summed E-state index contributed by atoms with van der Waals surface area (Å²) in [5, 5.41) is 7.49. The lowest BCUT2D eigenvalue weighted by molar-refractivity contribution is 0.0728. The number of thiophene rings is 1. The average molecular weight is 556 g/mol. The van der Waals surface area contributed by atoms with Crippen molar-refractivity contribution >= 4 is 44.1 Å². The van der Waals surface area contributed by atoms with Gasteiger partial charge >= 0.3 is 5.97 Å². The number of benzene rings is 2. The maximum atomic E-state index is 13.1. The molecule has 0 fully saturated rings. The monoisotopic (exact) mass is 555 g/mol. The average Bonchev–Trinajstić information content (AvgIpc) is 3.23. The second-order valence-corrected chi connectivity index (χ2v) is 10.4. The van der Waals surface area contributed by atoms with Crippen molar-refractivity contribution in [2.24, 2.45) is 0 Å². The molecule has 3 aromatic rings. The van der Waals surface area contributed by atoms with Crippen LogP contribution in [-0.4, -0.2) is 36.5 Å². The largest absolute Gasteiger partial charge is 0.490 e. The molecule has 0 saturated heterocycles. The molecule has 182 valence electrons. The molecular weight excluding hydrogens is 530 g/mol. The molecular formula is C26H26BrN3O4S. The molecule has 2 aromatic carbocycles. The van der Waals surface area contributed by atoms with E-state index in [1.54, 1.807) is 41.7 Å². The number of halogens is 1. The number of esters is 1. The fourth-order valence-electron chi connectivity index (χ4n) is 4.41. The van der Waals surface area contributed by atoms with Crippen LogP contribution in [0.5, 0.6) is 11.5 Å². The summed E-state index contributed by atoms with van der Waals surface area (Å²) in [7, 11) is 0. The molecule has 5 rings (SSSR count). The SMILES string of the molecule is CCOc1cc([C@@H]2NC(=O)c3c(sc4c3CCN(CC)C4)N2)ccc1OC(=O)c1ccc(Br)cc1. The number of ether oxygens (including phenoxy) is 2. The zero-order chi connectivity index (χ0) is 24.5. The molecule has 0 unspecified atom stereocenters. The summed E-state index contributed by atoms with van der Waals surface area (Å²) in [6.07, 6.45) is 0.481. The Labute approximate surface area is 216 Å². The quantitative estimate of drug-likeness (QED) is 0.315. The van der Waals surface area contributed by atoms with Crippen LogP contribution in [0.15, 0.2) is 46.9 Å². The summed E-state index contributed by atoms with van der Waals surface area (Å²) in [4.78, 5) is 29.4. The standard InChI is InChI=1S/C26H26BrN3O4S/c1-3-30-12-11-18-21(14-30)35-25-22(18)24(31)28-23(29-25)16-7-10-19(20(13-16)33-4-2)34-26(32)15-5-8-17(27)9-6-15/h5-10,13,23,29H,3-4,11-12,14H2,1-2H3,(H,28,31)/t23-/m1/s1. The smallest absolute Gasteiger partial charge is 0.343 e. The van der Waals surface area contributed by atoms with Crippen molar-refractivity contribution in [1.29, 1.82) is 0 Å². The highest BCUT2D eigenvalue weighted by molar-refractivity contribution is 9.10. The Morgan fingerprint density at radius 3 is 2.69 bits per heavy atom. The Bertz CT molecular complexity index is 1270. The van der Waals surface area contributed by atoms with E-state index in [9.17, 15) is 9.59 Å². The first-order valence-corrected chi connectivity index (χ1v) is 13.3. The first kappa shape index (κ1) is 23.8. The topological polar surface area (TPSA) is 79.9 Å². The summed E-state index contributed by atoms with van der Waals surface area (Å²) >= 11 is 5.03. The lowest BCUT2D eigenvalue weighted by Crippen LogP contribution is -2.38. The highest BCUT2D eigenvalue weighted by Crippen LogP contribution is 2.41. The summed E-state index contributed by atoms with van der Waals surface area (Å²) < 4.78 is 12.3. The maximum absolute atomic E-state index is 13.1. The Balaban J connectivity index is 1.38. The number of nitrogens with one attached hydrogen (secondary N) is 2. The molecule has 0 radical (unpaired) electrons. The summed E-state index contributed by atoms with van der Waals surface area (Å²) in [6, 6.07) is 12.3. The Kier molecular flexibility index (Phi) is 6.82. The molecule has 0 bridgehead atoms. The fraction of sp³-hybridized carbons (Fsp3) is 0.308. The van der Waals surface area contributed by atoms with E-state index in [0.717, 1.165) is 46.7 Å². The van der Waals surface area contributed by atoms with Gasteiger partial charge in [0, 0.05) is 22.4 Å². The van der Waals surface area contributed by atoms with Gasteiger partial charge in [0.05, 0.1) is 17.7 Å². The molecule has 0 spiro atoms. The zero-order valence-corrected chi connectivity index (χ0v) is 21.9. The molecule has 7 nitrogen and oxygen atoms in total. The second kappa shape index (κ2) is 10.0. The third-order valence-electron chi connectivity index (χ3n) is 6.24. The number of rotatable bonds is 6. The first-order chi connectivity index (χ1) is 17.0. The summed E-state index contributed by atoms with van der Waals surface area (Å²) in [6.45, 7) is 7.30. The molecule has 2 aliphatic rings. The van der Waals surface area contributed by atoms with Crippen LogP contribution in [0.3, 0.4) is 0 Å². The van der Waals surface area contributed by atoms with Crippen LogP contribution in [-0.2, 0) is 13.0 Å². The van der Waals surface area contributed by atoms with Gasteiger partial charge in [-0.2, -0.15) is 0 Å². The molecule has 1 atom stereocenters. The van der Waals surface area contributed by atoms with E-state index >= 15 is 0 Å². The van der Waals surface area contributed by atoms with Gasteiger partial charge in [0.15, 0.2) is 11.5 Å². The Hall–Kier alpha value is -2.88. The van der Waals surface area contributed by atoms with Crippen LogP contribution in [0.1, 0.15) is 56.7 Å². The van der Waals surface area contributed by atoms with E-state index < -0.39 is 12.1 Å². The van der Waals surface area contributed by atoms with Crippen LogP contribution < -0.4 is 20.1 Å². The van der Waals surface area contributed by atoms with Crippen molar-refractivity contribution in [3.63, 3.8) is 0 Å². The number of likely N-dealkylation sites (N-methyl/N-ethyl adjacent to an activating group) is 1. The first-order valence-electron chi connectivity index (χ1n) is 11.7. The molecule has 0 saturated carbocycles. The minimum absolute atomic E-state index is 0.0603. The molecule has 0 aliphatic carbocycles. The molecule has 3 heterocycles. The van der Waals surface area contributed by atoms with E-state index in [1.807, 2.05) is 19.1 Å². The molecule has 9 heteroatoms. The zero-order valence-electron chi connectivity index (χ0n) is 19.5.